The van der Waals surface area contributed by atoms with Crippen LogP contribution in [0.2, 0.25) is 0 Å². The van der Waals surface area contributed by atoms with Crippen molar-refractivity contribution >= 4 is 20.0 Å². The highest BCUT2D eigenvalue weighted by molar-refractivity contribution is 7.89. The molecule has 0 spiro atoms. The van der Waals surface area contributed by atoms with Gasteiger partial charge in [-0.2, -0.15) is 5.26 Å². The molecule has 0 bridgehead atoms. The smallest absolute Gasteiger partial charge is 0.263 e. The van der Waals surface area contributed by atoms with Gasteiger partial charge in [0.1, 0.15) is 11.0 Å². The average molecular weight is 399 g/mol. The molecule has 142 valence electrons. The molecule has 26 heavy (non-hydrogen) atoms. The number of nitrogens with one attached hydrogen (secondary N) is 1. The van der Waals surface area contributed by atoms with E-state index < -0.39 is 20.0 Å². The molecule has 0 aliphatic heterocycles. The van der Waals surface area contributed by atoms with Gasteiger partial charge in [0.15, 0.2) is 0 Å². The van der Waals surface area contributed by atoms with Crippen molar-refractivity contribution in [1.29, 1.82) is 5.26 Å². The molecule has 0 fully saturated rings. The summed E-state index contributed by atoms with van der Waals surface area (Å²) in [6.45, 7) is 5.71. The summed E-state index contributed by atoms with van der Waals surface area (Å²) in [5.74, 6) is 0. The Bertz CT molecular complexity index is 965. The van der Waals surface area contributed by atoms with Gasteiger partial charge in [-0.05, 0) is 30.7 Å². The van der Waals surface area contributed by atoms with E-state index in [0.717, 1.165) is 4.89 Å². The Morgan fingerprint density at radius 2 is 1.42 bits per heavy atom. The van der Waals surface area contributed by atoms with E-state index in [1.54, 1.807) is 31.2 Å². The number of hydrogen-bond donors (Lipinski definition) is 3. The van der Waals surface area contributed by atoms with E-state index in [9.17, 15) is 16.8 Å². The molecule has 0 radical (unpaired) electrons. The Morgan fingerprint density at radius 3 is 1.81 bits per heavy atom. The van der Waals surface area contributed by atoms with Gasteiger partial charge in [0, 0.05) is 0 Å². The van der Waals surface area contributed by atoms with Gasteiger partial charge in [-0.15, -0.1) is 0 Å². The Balaban J connectivity index is 0.000000444. The molecule has 2 aromatic carbocycles. The van der Waals surface area contributed by atoms with Crippen molar-refractivity contribution < 1.29 is 22.0 Å². The first-order chi connectivity index (χ1) is 12.1. The lowest BCUT2D eigenvalue weighted by Crippen LogP contribution is -2.20. The normalized spacial score (nSPS) is 10.5. The second-order valence-electron chi connectivity index (χ2n) is 4.51. The molecule has 0 aliphatic carbocycles. The van der Waals surface area contributed by atoms with Gasteiger partial charge in [0.05, 0.1) is 10.5 Å². The molecule has 0 aliphatic rings. The topological polar surface area (TPSA) is 150 Å². The first kappa shape index (κ1) is 23.7. The second kappa shape index (κ2) is 10.6. The number of benzene rings is 2. The highest BCUT2D eigenvalue weighted by atomic mass is 32.2. The monoisotopic (exact) mass is 399 g/mol. The zero-order valence-corrected chi connectivity index (χ0v) is 16.2. The fourth-order valence-electron chi connectivity index (χ4n) is 1.72. The summed E-state index contributed by atoms with van der Waals surface area (Å²) < 4.78 is 43.8. The van der Waals surface area contributed by atoms with E-state index in [2.05, 4.69) is 0 Å². The lowest BCUT2D eigenvalue weighted by Gasteiger charge is -2.01. The van der Waals surface area contributed by atoms with Crippen LogP contribution in [0.3, 0.4) is 0 Å². The molecule has 0 saturated heterocycles. The van der Waals surface area contributed by atoms with Crippen LogP contribution in [-0.4, -0.2) is 22.0 Å². The van der Waals surface area contributed by atoms with Crippen LogP contribution in [0.1, 0.15) is 25.0 Å². The van der Waals surface area contributed by atoms with Crippen molar-refractivity contribution in [3.05, 3.63) is 59.7 Å². The molecular formula is C16H21N3O5S2. The molecular weight excluding hydrogens is 378 g/mol. The Labute approximate surface area is 154 Å². The van der Waals surface area contributed by atoms with Crippen LogP contribution < -0.4 is 10.0 Å². The Kier molecular flexibility index (Phi) is 9.71. The SMILES string of the molecule is CC.Cc1ccccc1S(N)(=O)=O.N#Cc1ccccc1S(=O)(=O)NO. The largest absolute Gasteiger partial charge is 0.302 e. The van der Waals surface area contributed by atoms with Crippen molar-refractivity contribution in [2.75, 3.05) is 0 Å². The average Bonchev–Trinajstić information content (AvgIpc) is 2.63. The fraction of sp³-hybridized carbons (Fsp3) is 0.188. The summed E-state index contributed by atoms with van der Waals surface area (Å²) in [6, 6.07) is 13.9. The number of nitrogens with zero attached hydrogens (tertiary/aromatic N) is 1. The lowest BCUT2D eigenvalue weighted by molar-refractivity contribution is 0.242. The molecule has 0 atom stereocenters. The third-order valence-electron chi connectivity index (χ3n) is 2.82. The minimum Gasteiger partial charge on any atom is -0.302 e. The summed E-state index contributed by atoms with van der Waals surface area (Å²) in [6.07, 6.45) is 0. The van der Waals surface area contributed by atoms with Gasteiger partial charge >= 0.3 is 0 Å². The van der Waals surface area contributed by atoms with Crippen LogP contribution in [0.5, 0.6) is 0 Å². The van der Waals surface area contributed by atoms with Crippen LogP contribution >= 0.6 is 0 Å². The molecule has 2 rings (SSSR count). The van der Waals surface area contributed by atoms with Gasteiger partial charge in [0.2, 0.25) is 10.0 Å². The molecule has 0 aromatic heterocycles. The van der Waals surface area contributed by atoms with E-state index in [-0.39, 0.29) is 15.4 Å². The standard InChI is InChI=1S/C7H6N2O3S.C7H9NO2S.C2H6/c8-5-6-3-1-2-4-7(6)13(11,12)9-10;1-6-4-2-3-5-7(6)11(8,9)10;1-2/h1-4,9-10H;2-5H,1H3,(H2,8,9,10);1-2H3. The van der Waals surface area contributed by atoms with Crippen LogP contribution in [0.25, 0.3) is 0 Å². The van der Waals surface area contributed by atoms with Crippen LogP contribution in [0.4, 0.5) is 0 Å². The summed E-state index contributed by atoms with van der Waals surface area (Å²) in [4.78, 5) is 1.11. The zero-order valence-electron chi connectivity index (χ0n) is 14.5. The maximum absolute atomic E-state index is 11.1. The van der Waals surface area contributed by atoms with Crippen molar-refractivity contribution in [3.63, 3.8) is 0 Å². The van der Waals surface area contributed by atoms with Gasteiger partial charge in [-0.25, -0.2) is 22.0 Å². The summed E-state index contributed by atoms with van der Waals surface area (Å²) in [5, 5.41) is 21.8. The van der Waals surface area contributed by atoms with E-state index in [1.165, 1.54) is 30.3 Å². The van der Waals surface area contributed by atoms with Crippen LogP contribution in [-0.2, 0) is 20.0 Å². The maximum atomic E-state index is 11.1. The van der Waals surface area contributed by atoms with Gasteiger partial charge in [0.25, 0.3) is 10.0 Å². The predicted molar refractivity (Wildman–Crippen MR) is 97.2 cm³/mol. The number of hydrogen-bond acceptors (Lipinski definition) is 6. The van der Waals surface area contributed by atoms with Gasteiger partial charge < -0.3 is 5.21 Å². The third-order valence-corrected chi connectivity index (χ3v) is 5.06. The van der Waals surface area contributed by atoms with Gasteiger partial charge in [-0.1, -0.05) is 49.1 Å². The minimum atomic E-state index is -3.96. The highest BCUT2D eigenvalue weighted by Crippen LogP contribution is 2.13. The van der Waals surface area contributed by atoms with Crippen LogP contribution in [0.15, 0.2) is 58.3 Å². The van der Waals surface area contributed by atoms with E-state index >= 15 is 0 Å². The van der Waals surface area contributed by atoms with Crippen molar-refractivity contribution in [3.8, 4) is 6.07 Å². The number of rotatable bonds is 3. The molecule has 2 aromatic rings. The van der Waals surface area contributed by atoms with Crippen molar-refractivity contribution in [2.45, 2.75) is 30.6 Å². The van der Waals surface area contributed by atoms with Gasteiger partial charge in [-0.3, -0.25) is 0 Å². The molecule has 0 amide bonds. The quantitative estimate of drug-likeness (QED) is 0.671. The number of primary sulfonamides is 1. The highest BCUT2D eigenvalue weighted by Gasteiger charge is 2.16. The summed E-state index contributed by atoms with van der Waals surface area (Å²) >= 11 is 0. The molecule has 0 heterocycles. The molecule has 0 unspecified atom stereocenters. The van der Waals surface area contributed by atoms with E-state index in [1.807, 2.05) is 13.8 Å². The number of aryl methyl sites for hydroxylation is 1. The number of sulfonamides is 2. The Morgan fingerprint density at radius 1 is 0.962 bits per heavy atom. The third kappa shape index (κ3) is 6.91. The maximum Gasteiger partial charge on any atom is 0.263 e. The number of nitrogens with two attached hydrogens (primary N) is 1. The molecule has 10 heteroatoms. The summed E-state index contributed by atoms with van der Waals surface area (Å²) in [5.41, 5.74) is 0.666. The van der Waals surface area contributed by atoms with Crippen LogP contribution in [0, 0.1) is 18.3 Å². The zero-order chi connectivity index (χ0) is 20.4. The van der Waals surface area contributed by atoms with Crippen molar-refractivity contribution in [1.82, 2.24) is 4.89 Å². The van der Waals surface area contributed by atoms with E-state index in [4.69, 9.17) is 15.6 Å². The minimum absolute atomic E-state index is 0.0101. The lowest BCUT2D eigenvalue weighted by atomic mass is 10.2. The molecule has 8 nitrogen and oxygen atoms in total. The summed E-state index contributed by atoms with van der Waals surface area (Å²) in [7, 11) is -7.49. The first-order valence-electron chi connectivity index (χ1n) is 7.37. The molecule has 0 saturated carbocycles. The van der Waals surface area contributed by atoms with Crippen molar-refractivity contribution in [2.24, 2.45) is 5.14 Å². The Hall–Kier alpha value is -2.29. The second-order valence-corrected chi connectivity index (χ2v) is 7.67. The predicted octanol–water partition coefficient (Wildman–Crippen LogP) is 1.89. The fourth-order valence-corrected chi connectivity index (χ4v) is 3.26. The first-order valence-corrected chi connectivity index (χ1v) is 10.4. The van der Waals surface area contributed by atoms with E-state index in [0.29, 0.717) is 5.56 Å². The molecule has 4 N–H and O–H groups in total. The number of nitriles is 1.